The molecule has 0 heterocycles. The highest BCUT2D eigenvalue weighted by molar-refractivity contribution is 6.32. The van der Waals surface area contributed by atoms with Crippen molar-refractivity contribution in [1.82, 2.24) is 5.32 Å². The summed E-state index contributed by atoms with van der Waals surface area (Å²) in [5, 5.41) is 6.54. The van der Waals surface area contributed by atoms with E-state index in [1.807, 2.05) is 50.2 Å². The molecule has 158 valence electrons. The van der Waals surface area contributed by atoms with Crippen LogP contribution in [0.25, 0.3) is 0 Å². The molecule has 1 amide bonds. The van der Waals surface area contributed by atoms with Crippen molar-refractivity contribution in [1.29, 1.82) is 0 Å². The maximum Gasteiger partial charge on any atom is 0.262 e. The highest BCUT2D eigenvalue weighted by Crippen LogP contribution is 2.36. The molecule has 2 aromatic carbocycles. The van der Waals surface area contributed by atoms with Crippen molar-refractivity contribution in [3.63, 3.8) is 0 Å². The molecule has 6 nitrogen and oxygen atoms in total. The molecule has 0 aliphatic heterocycles. The number of hydrogen-bond donors (Lipinski definition) is 2. The number of benzene rings is 2. The average molecular weight is 421 g/mol. The first-order valence-electron chi connectivity index (χ1n) is 9.67. The molecular formula is C22H29ClN2O4. The van der Waals surface area contributed by atoms with Crippen LogP contribution in [0.1, 0.15) is 24.5 Å². The number of anilines is 1. The van der Waals surface area contributed by atoms with Crippen LogP contribution >= 0.6 is 11.6 Å². The van der Waals surface area contributed by atoms with Gasteiger partial charge in [0, 0.05) is 25.9 Å². The summed E-state index contributed by atoms with van der Waals surface area (Å²) in [4.78, 5) is 12.2. The van der Waals surface area contributed by atoms with Crippen molar-refractivity contribution in [2.45, 2.75) is 26.8 Å². The van der Waals surface area contributed by atoms with Gasteiger partial charge in [-0.1, -0.05) is 29.3 Å². The summed E-state index contributed by atoms with van der Waals surface area (Å²) in [5.74, 6) is 0.629. The monoisotopic (exact) mass is 420 g/mol. The molecule has 2 aromatic rings. The first-order valence-corrected chi connectivity index (χ1v) is 10.1. The number of methoxy groups -OCH3 is 1. The second kappa shape index (κ2) is 12.3. The molecule has 0 saturated heterocycles. The van der Waals surface area contributed by atoms with E-state index in [2.05, 4.69) is 10.6 Å². The summed E-state index contributed by atoms with van der Waals surface area (Å²) < 4.78 is 16.4. The highest BCUT2D eigenvalue weighted by atomic mass is 35.5. The Bertz CT molecular complexity index is 781. The van der Waals surface area contributed by atoms with Crippen molar-refractivity contribution >= 4 is 23.2 Å². The van der Waals surface area contributed by atoms with E-state index in [0.29, 0.717) is 29.7 Å². The molecule has 0 spiro atoms. The van der Waals surface area contributed by atoms with Gasteiger partial charge in [-0.15, -0.1) is 0 Å². The number of nitrogens with one attached hydrogen (secondary N) is 2. The van der Waals surface area contributed by atoms with E-state index in [9.17, 15) is 4.79 Å². The topological polar surface area (TPSA) is 68.8 Å². The van der Waals surface area contributed by atoms with Gasteiger partial charge >= 0.3 is 0 Å². The van der Waals surface area contributed by atoms with Crippen LogP contribution < -0.4 is 20.1 Å². The van der Waals surface area contributed by atoms with Crippen LogP contribution in [0.5, 0.6) is 11.5 Å². The minimum atomic E-state index is -0.267. The summed E-state index contributed by atoms with van der Waals surface area (Å²) in [6.07, 6.45) is 0.930. The standard InChI is InChI=1S/C22H29ClN2O4/c1-4-28-20-13-17(14-24-10-5-11-27-3)12-19(23)22(20)29-15-21(26)25-18-8-6-16(2)7-9-18/h6-9,12-13,24H,4-5,10-11,14-15H2,1-3H3,(H,25,26). The number of halogens is 1. The van der Waals surface area contributed by atoms with Gasteiger partial charge < -0.3 is 24.8 Å². The maximum absolute atomic E-state index is 12.2. The Morgan fingerprint density at radius 3 is 2.59 bits per heavy atom. The van der Waals surface area contributed by atoms with Crippen molar-refractivity contribution < 1.29 is 19.0 Å². The number of rotatable bonds is 12. The third-order valence-corrected chi connectivity index (χ3v) is 4.36. The lowest BCUT2D eigenvalue weighted by Crippen LogP contribution is -2.20. The van der Waals surface area contributed by atoms with Crippen LogP contribution in [0.3, 0.4) is 0 Å². The van der Waals surface area contributed by atoms with Gasteiger partial charge in [0.1, 0.15) is 0 Å². The Hall–Kier alpha value is -2.28. The van der Waals surface area contributed by atoms with E-state index >= 15 is 0 Å². The minimum absolute atomic E-state index is 0.164. The Kier molecular flexibility index (Phi) is 9.77. The second-order valence-corrected chi connectivity index (χ2v) is 6.97. The molecule has 2 rings (SSSR count). The molecule has 0 atom stereocenters. The lowest BCUT2D eigenvalue weighted by atomic mass is 10.2. The molecule has 0 aliphatic carbocycles. The van der Waals surface area contributed by atoms with Gasteiger partial charge in [0.05, 0.1) is 11.6 Å². The van der Waals surface area contributed by atoms with Crippen LogP contribution in [-0.4, -0.2) is 39.4 Å². The van der Waals surface area contributed by atoms with E-state index in [0.717, 1.165) is 36.4 Å². The molecule has 0 saturated carbocycles. The Labute approximate surface area is 177 Å². The molecule has 2 N–H and O–H groups in total. The number of hydrogen-bond acceptors (Lipinski definition) is 5. The Balaban J connectivity index is 1.97. The van der Waals surface area contributed by atoms with Crippen LogP contribution in [0.15, 0.2) is 36.4 Å². The number of aryl methyl sites for hydroxylation is 1. The van der Waals surface area contributed by atoms with Gasteiger partial charge in [-0.25, -0.2) is 0 Å². The number of carbonyl (C=O) groups is 1. The van der Waals surface area contributed by atoms with Crippen LogP contribution in [0.2, 0.25) is 5.02 Å². The summed E-state index contributed by atoms with van der Waals surface area (Å²) in [7, 11) is 1.69. The first-order chi connectivity index (χ1) is 14.0. The first kappa shape index (κ1) is 23.0. The summed E-state index contributed by atoms with van der Waals surface area (Å²) in [5.41, 5.74) is 2.82. The SMILES string of the molecule is CCOc1cc(CNCCCOC)cc(Cl)c1OCC(=O)Nc1ccc(C)cc1. The molecule has 0 bridgehead atoms. The van der Waals surface area contributed by atoms with Gasteiger partial charge in [0.15, 0.2) is 18.1 Å². The molecule has 7 heteroatoms. The fraction of sp³-hybridized carbons (Fsp3) is 0.409. The third-order valence-electron chi connectivity index (χ3n) is 4.08. The molecule has 0 unspecified atom stereocenters. The van der Waals surface area contributed by atoms with Crippen molar-refractivity contribution in [2.24, 2.45) is 0 Å². The van der Waals surface area contributed by atoms with E-state index in [1.54, 1.807) is 7.11 Å². The number of amides is 1. The lowest BCUT2D eigenvalue weighted by molar-refractivity contribution is -0.118. The minimum Gasteiger partial charge on any atom is -0.490 e. The normalized spacial score (nSPS) is 10.6. The quantitative estimate of drug-likeness (QED) is 0.504. The van der Waals surface area contributed by atoms with Gasteiger partial charge in [-0.2, -0.15) is 0 Å². The Morgan fingerprint density at radius 1 is 1.14 bits per heavy atom. The zero-order valence-electron chi connectivity index (χ0n) is 17.2. The smallest absolute Gasteiger partial charge is 0.262 e. The average Bonchev–Trinajstić information content (AvgIpc) is 2.69. The summed E-state index contributed by atoms with van der Waals surface area (Å²) >= 11 is 6.41. The van der Waals surface area contributed by atoms with Gasteiger partial charge in [-0.3, -0.25) is 4.79 Å². The van der Waals surface area contributed by atoms with E-state index in [-0.39, 0.29) is 12.5 Å². The highest BCUT2D eigenvalue weighted by Gasteiger charge is 2.14. The third kappa shape index (κ3) is 7.93. The van der Waals surface area contributed by atoms with E-state index < -0.39 is 0 Å². The largest absolute Gasteiger partial charge is 0.490 e. The zero-order chi connectivity index (χ0) is 21.1. The lowest BCUT2D eigenvalue weighted by Gasteiger charge is -2.15. The van der Waals surface area contributed by atoms with Gasteiger partial charge in [0.25, 0.3) is 5.91 Å². The van der Waals surface area contributed by atoms with Crippen molar-refractivity contribution in [2.75, 3.05) is 38.8 Å². The fourth-order valence-electron chi connectivity index (χ4n) is 2.67. The molecule has 0 radical (unpaired) electrons. The van der Waals surface area contributed by atoms with Crippen LogP contribution in [0.4, 0.5) is 5.69 Å². The molecule has 0 aliphatic rings. The molecular weight excluding hydrogens is 392 g/mol. The summed E-state index contributed by atoms with van der Waals surface area (Å²) in [6, 6.07) is 11.3. The van der Waals surface area contributed by atoms with E-state index in [4.69, 9.17) is 25.8 Å². The van der Waals surface area contributed by atoms with Gasteiger partial charge in [0.2, 0.25) is 0 Å². The molecule has 0 aromatic heterocycles. The van der Waals surface area contributed by atoms with Crippen LogP contribution in [0, 0.1) is 6.92 Å². The zero-order valence-corrected chi connectivity index (χ0v) is 18.0. The van der Waals surface area contributed by atoms with Gasteiger partial charge in [-0.05, 0) is 56.6 Å². The maximum atomic E-state index is 12.2. The van der Waals surface area contributed by atoms with Crippen molar-refractivity contribution in [3.05, 3.63) is 52.5 Å². The Morgan fingerprint density at radius 2 is 1.90 bits per heavy atom. The number of carbonyl (C=O) groups excluding carboxylic acids is 1. The van der Waals surface area contributed by atoms with Crippen molar-refractivity contribution in [3.8, 4) is 11.5 Å². The van der Waals surface area contributed by atoms with Crippen LogP contribution in [-0.2, 0) is 16.1 Å². The second-order valence-electron chi connectivity index (χ2n) is 6.56. The fourth-order valence-corrected chi connectivity index (χ4v) is 2.96. The summed E-state index contributed by atoms with van der Waals surface area (Å²) in [6.45, 7) is 6.39. The predicted octanol–water partition coefficient (Wildman–Crippen LogP) is 4.19. The molecule has 29 heavy (non-hydrogen) atoms. The number of ether oxygens (including phenoxy) is 3. The van der Waals surface area contributed by atoms with E-state index in [1.165, 1.54) is 0 Å². The molecule has 0 fully saturated rings. The predicted molar refractivity (Wildman–Crippen MR) is 116 cm³/mol.